The molecule has 0 bridgehead atoms. The molecule has 2 rings (SSSR count). The predicted octanol–water partition coefficient (Wildman–Crippen LogP) is 1.76. The van der Waals surface area contributed by atoms with Gasteiger partial charge in [-0.25, -0.2) is 13.1 Å². The van der Waals surface area contributed by atoms with Crippen molar-refractivity contribution in [3.05, 3.63) is 29.8 Å². The summed E-state index contributed by atoms with van der Waals surface area (Å²) in [6, 6.07) is 6.97. The highest BCUT2D eigenvalue weighted by Crippen LogP contribution is 2.24. The molecule has 0 saturated carbocycles. The zero-order chi connectivity index (χ0) is 20.6. The Morgan fingerprint density at radius 2 is 2.21 bits per heavy atom. The first-order chi connectivity index (χ1) is 13.4. The first-order valence-electron chi connectivity index (χ1n) is 9.52. The lowest BCUT2D eigenvalue weighted by atomic mass is 10.1. The highest BCUT2D eigenvalue weighted by Gasteiger charge is 2.24. The van der Waals surface area contributed by atoms with Crippen molar-refractivity contribution in [3.8, 4) is 0 Å². The Hall–Kier alpha value is -1.29. The molecule has 1 aliphatic rings. The largest absolute Gasteiger partial charge is 0.383 e. The molecule has 1 heterocycles. The number of nitrogens with one attached hydrogen (secondary N) is 2. The highest BCUT2D eigenvalue weighted by molar-refractivity contribution is 8.00. The second-order valence-electron chi connectivity index (χ2n) is 7.04. The summed E-state index contributed by atoms with van der Waals surface area (Å²) in [6.45, 7) is 7.55. The molecule has 0 amide bonds. The number of rotatable bonds is 8. The zero-order valence-corrected chi connectivity index (χ0v) is 18.8. The average molecular weight is 429 g/mol. The van der Waals surface area contributed by atoms with Crippen LogP contribution in [0.15, 0.2) is 34.2 Å². The van der Waals surface area contributed by atoms with Crippen molar-refractivity contribution < 1.29 is 13.2 Å². The fourth-order valence-corrected chi connectivity index (χ4v) is 5.35. The van der Waals surface area contributed by atoms with Crippen LogP contribution in [-0.4, -0.2) is 70.7 Å². The van der Waals surface area contributed by atoms with Crippen molar-refractivity contribution >= 4 is 27.7 Å². The molecule has 0 aromatic heterocycles. The third kappa shape index (κ3) is 6.65. The van der Waals surface area contributed by atoms with Crippen LogP contribution in [-0.2, 0) is 21.3 Å². The van der Waals surface area contributed by atoms with Crippen LogP contribution in [0.4, 0.5) is 0 Å². The van der Waals surface area contributed by atoms with E-state index in [1.54, 1.807) is 25.2 Å². The number of methoxy groups -OCH3 is 1. The van der Waals surface area contributed by atoms with Crippen LogP contribution in [0.1, 0.15) is 19.4 Å². The maximum atomic E-state index is 12.4. The van der Waals surface area contributed by atoms with Crippen LogP contribution in [0.2, 0.25) is 0 Å². The van der Waals surface area contributed by atoms with E-state index in [9.17, 15) is 8.42 Å². The Bertz CT molecular complexity index is 753. The maximum absolute atomic E-state index is 12.4. The van der Waals surface area contributed by atoms with E-state index in [2.05, 4.69) is 33.8 Å². The quantitative estimate of drug-likeness (QED) is 0.373. The molecule has 9 heteroatoms. The van der Waals surface area contributed by atoms with Gasteiger partial charge in [0.05, 0.1) is 11.5 Å². The molecule has 1 aliphatic heterocycles. The summed E-state index contributed by atoms with van der Waals surface area (Å²) in [4.78, 5) is 6.96. The minimum absolute atomic E-state index is 0.248. The minimum atomic E-state index is -3.54. The highest BCUT2D eigenvalue weighted by atomic mass is 32.2. The summed E-state index contributed by atoms with van der Waals surface area (Å²) in [5.74, 6) is 2.57. The van der Waals surface area contributed by atoms with E-state index in [-0.39, 0.29) is 11.4 Å². The normalized spacial score (nSPS) is 18.5. The summed E-state index contributed by atoms with van der Waals surface area (Å²) in [6.07, 6.45) is 0. The predicted molar refractivity (Wildman–Crippen MR) is 116 cm³/mol. The van der Waals surface area contributed by atoms with Crippen molar-refractivity contribution in [2.75, 3.05) is 46.2 Å². The molecule has 1 atom stereocenters. The van der Waals surface area contributed by atoms with Gasteiger partial charge in [0.2, 0.25) is 10.0 Å². The summed E-state index contributed by atoms with van der Waals surface area (Å²) in [7, 11) is -0.211. The SMILES string of the molecule is CN=C(NCc1cccc(S(=O)(=O)NCCOC)c1)N1CCSC(C(C)C)C1. The van der Waals surface area contributed by atoms with E-state index in [1.807, 2.05) is 17.8 Å². The molecule has 28 heavy (non-hydrogen) atoms. The molecule has 7 nitrogen and oxygen atoms in total. The number of ether oxygens (including phenoxy) is 1. The van der Waals surface area contributed by atoms with E-state index in [4.69, 9.17) is 4.74 Å². The molecule has 1 unspecified atom stereocenters. The maximum Gasteiger partial charge on any atom is 0.240 e. The van der Waals surface area contributed by atoms with Crippen molar-refractivity contribution in [1.29, 1.82) is 0 Å². The first kappa shape index (κ1) is 23.0. The van der Waals surface area contributed by atoms with Gasteiger partial charge in [-0.3, -0.25) is 4.99 Å². The topological polar surface area (TPSA) is 83.0 Å². The van der Waals surface area contributed by atoms with Gasteiger partial charge in [0.1, 0.15) is 0 Å². The number of thioether (sulfide) groups is 1. The van der Waals surface area contributed by atoms with Crippen LogP contribution in [0.5, 0.6) is 0 Å². The summed E-state index contributed by atoms with van der Waals surface area (Å²) in [5.41, 5.74) is 0.891. The Labute approximate surface area is 173 Å². The van der Waals surface area contributed by atoms with Crippen molar-refractivity contribution in [2.24, 2.45) is 10.9 Å². The van der Waals surface area contributed by atoms with Gasteiger partial charge in [0.25, 0.3) is 0 Å². The van der Waals surface area contributed by atoms with Gasteiger partial charge >= 0.3 is 0 Å². The zero-order valence-electron chi connectivity index (χ0n) is 17.1. The van der Waals surface area contributed by atoms with E-state index < -0.39 is 10.0 Å². The minimum Gasteiger partial charge on any atom is -0.383 e. The monoisotopic (exact) mass is 428 g/mol. The second kappa shape index (κ2) is 11.0. The van der Waals surface area contributed by atoms with E-state index in [0.717, 1.165) is 30.4 Å². The van der Waals surface area contributed by atoms with E-state index >= 15 is 0 Å². The van der Waals surface area contributed by atoms with Crippen molar-refractivity contribution in [1.82, 2.24) is 14.9 Å². The molecular weight excluding hydrogens is 396 g/mol. The molecule has 1 aromatic carbocycles. The molecular formula is C19H32N4O3S2. The molecule has 2 N–H and O–H groups in total. The lowest BCUT2D eigenvalue weighted by molar-refractivity contribution is 0.204. The standard InChI is InChI=1S/C19H32N4O3S2/c1-15(2)18-14-23(9-11-27-18)19(20-3)21-13-16-6-5-7-17(12-16)28(24,25)22-8-10-26-4/h5-7,12,15,18,22H,8-11,13-14H2,1-4H3,(H,20,21). The van der Waals surface area contributed by atoms with Crippen LogP contribution < -0.4 is 10.0 Å². The fourth-order valence-electron chi connectivity index (χ4n) is 2.97. The van der Waals surface area contributed by atoms with Crippen LogP contribution in [0.3, 0.4) is 0 Å². The number of hydrogen-bond donors (Lipinski definition) is 2. The molecule has 1 fully saturated rings. The van der Waals surface area contributed by atoms with Crippen molar-refractivity contribution in [2.45, 2.75) is 30.5 Å². The molecule has 0 radical (unpaired) electrons. The van der Waals surface area contributed by atoms with Gasteiger partial charge in [-0.1, -0.05) is 26.0 Å². The Morgan fingerprint density at radius 1 is 1.43 bits per heavy atom. The molecule has 0 spiro atoms. The lowest BCUT2D eigenvalue weighted by Crippen LogP contribution is -2.48. The van der Waals surface area contributed by atoms with E-state index in [0.29, 0.717) is 24.3 Å². The van der Waals surface area contributed by atoms with Crippen LogP contribution >= 0.6 is 11.8 Å². The summed E-state index contributed by atoms with van der Waals surface area (Å²) < 4.78 is 32.2. The Morgan fingerprint density at radius 3 is 2.89 bits per heavy atom. The Balaban J connectivity index is 1.99. The van der Waals surface area contributed by atoms with Crippen LogP contribution in [0, 0.1) is 5.92 Å². The van der Waals surface area contributed by atoms with Crippen molar-refractivity contribution in [3.63, 3.8) is 0 Å². The molecule has 158 valence electrons. The number of guanidine groups is 1. The van der Waals surface area contributed by atoms with Gasteiger partial charge in [0.15, 0.2) is 5.96 Å². The summed E-state index contributed by atoms with van der Waals surface area (Å²) >= 11 is 2.02. The number of aliphatic imine (C=N–C) groups is 1. The fraction of sp³-hybridized carbons (Fsp3) is 0.632. The van der Waals surface area contributed by atoms with Gasteiger partial charge in [-0.15, -0.1) is 0 Å². The third-order valence-electron chi connectivity index (χ3n) is 4.61. The van der Waals surface area contributed by atoms with Gasteiger partial charge in [-0.05, 0) is 23.6 Å². The number of sulfonamides is 1. The first-order valence-corrected chi connectivity index (χ1v) is 12.0. The third-order valence-corrected chi connectivity index (χ3v) is 7.60. The second-order valence-corrected chi connectivity index (χ2v) is 10.2. The van der Waals surface area contributed by atoms with Gasteiger partial charge < -0.3 is 15.0 Å². The van der Waals surface area contributed by atoms with Gasteiger partial charge in [-0.2, -0.15) is 11.8 Å². The number of benzene rings is 1. The lowest BCUT2D eigenvalue weighted by Gasteiger charge is -2.36. The van der Waals surface area contributed by atoms with Crippen LogP contribution in [0.25, 0.3) is 0 Å². The number of hydrogen-bond acceptors (Lipinski definition) is 5. The molecule has 1 aromatic rings. The van der Waals surface area contributed by atoms with E-state index in [1.165, 1.54) is 7.11 Å². The Kier molecular flexibility index (Phi) is 9.07. The smallest absolute Gasteiger partial charge is 0.240 e. The summed E-state index contributed by atoms with van der Waals surface area (Å²) in [5, 5.41) is 3.97. The van der Waals surface area contributed by atoms with Gasteiger partial charge in [0, 0.05) is 51.3 Å². The average Bonchev–Trinajstić information content (AvgIpc) is 2.69. The molecule has 0 aliphatic carbocycles. The molecule has 1 saturated heterocycles. The number of nitrogens with zero attached hydrogens (tertiary/aromatic N) is 2.